The fourth-order valence-electron chi connectivity index (χ4n) is 2.41. The molecule has 0 aliphatic rings. The summed E-state index contributed by atoms with van der Waals surface area (Å²) in [5.74, 6) is 1.69. The van der Waals surface area contributed by atoms with Crippen LogP contribution in [0.4, 0.5) is 5.69 Å². The van der Waals surface area contributed by atoms with Crippen LogP contribution in [0.2, 0.25) is 5.02 Å². The fraction of sp³-hybridized carbons (Fsp3) is 0.143. The highest BCUT2D eigenvalue weighted by molar-refractivity contribution is 6.30. The van der Waals surface area contributed by atoms with Gasteiger partial charge in [0.2, 0.25) is 0 Å². The van der Waals surface area contributed by atoms with E-state index in [0.717, 1.165) is 34.3 Å². The molecule has 0 heterocycles. The lowest BCUT2D eigenvalue weighted by molar-refractivity contribution is 0.306. The highest BCUT2D eigenvalue weighted by atomic mass is 35.5. The van der Waals surface area contributed by atoms with E-state index >= 15 is 0 Å². The summed E-state index contributed by atoms with van der Waals surface area (Å²) in [5, 5.41) is 4.11. The molecule has 0 atom stereocenters. The van der Waals surface area contributed by atoms with Gasteiger partial charge in [0.25, 0.3) is 0 Å². The smallest absolute Gasteiger partial charge is 0.119 e. The van der Waals surface area contributed by atoms with Crippen LogP contribution in [0, 0.1) is 0 Å². The van der Waals surface area contributed by atoms with Crippen molar-refractivity contribution in [1.82, 2.24) is 0 Å². The fourth-order valence-corrected chi connectivity index (χ4v) is 2.62. The van der Waals surface area contributed by atoms with Gasteiger partial charge >= 0.3 is 0 Å². The second kappa shape index (κ2) is 8.45. The first-order chi connectivity index (χ1) is 12.2. The maximum absolute atomic E-state index is 5.98. The second-order valence-corrected chi connectivity index (χ2v) is 6.08. The molecule has 0 aromatic heterocycles. The Kier molecular flexibility index (Phi) is 5.81. The number of nitrogens with one attached hydrogen (secondary N) is 1. The Hall–Kier alpha value is -2.65. The Labute approximate surface area is 153 Å². The zero-order chi connectivity index (χ0) is 17.5. The summed E-state index contributed by atoms with van der Waals surface area (Å²) in [6.45, 7) is 1.25. The molecule has 3 aromatic carbocycles. The summed E-state index contributed by atoms with van der Waals surface area (Å²) in [7, 11) is 1.67. The molecule has 0 fully saturated rings. The van der Waals surface area contributed by atoms with Gasteiger partial charge in [-0.3, -0.25) is 0 Å². The van der Waals surface area contributed by atoms with Crippen LogP contribution < -0.4 is 14.8 Å². The lowest BCUT2D eigenvalue weighted by Gasteiger charge is -2.09. The number of hydrogen-bond acceptors (Lipinski definition) is 3. The van der Waals surface area contributed by atoms with Gasteiger partial charge in [0.05, 0.1) is 7.11 Å². The molecule has 0 saturated carbocycles. The Morgan fingerprint density at radius 2 is 1.56 bits per heavy atom. The minimum atomic E-state index is 0.504. The largest absolute Gasteiger partial charge is 0.497 e. The van der Waals surface area contributed by atoms with E-state index in [9.17, 15) is 0 Å². The number of halogens is 1. The number of ether oxygens (including phenoxy) is 2. The molecule has 0 aliphatic carbocycles. The van der Waals surface area contributed by atoms with Crippen molar-refractivity contribution in [1.29, 1.82) is 0 Å². The number of anilines is 1. The van der Waals surface area contributed by atoms with E-state index in [1.807, 2.05) is 60.7 Å². The molecule has 0 spiro atoms. The van der Waals surface area contributed by atoms with Gasteiger partial charge in [-0.25, -0.2) is 0 Å². The van der Waals surface area contributed by atoms with Crippen LogP contribution in [0.1, 0.15) is 11.1 Å². The second-order valence-electron chi connectivity index (χ2n) is 5.64. The predicted molar refractivity (Wildman–Crippen MR) is 103 cm³/mol. The average Bonchev–Trinajstić information content (AvgIpc) is 2.66. The minimum Gasteiger partial charge on any atom is -0.497 e. The maximum atomic E-state index is 5.98. The molecule has 3 aromatic rings. The molecular formula is C21H20ClNO2. The molecule has 0 unspecified atom stereocenters. The Morgan fingerprint density at radius 3 is 2.24 bits per heavy atom. The van der Waals surface area contributed by atoms with E-state index < -0.39 is 0 Å². The molecule has 0 radical (unpaired) electrons. The summed E-state index contributed by atoms with van der Waals surface area (Å²) in [6, 6.07) is 23.7. The maximum Gasteiger partial charge on any atom is 0.119 e. The molecule has 0 saturated heterocycles. The first-order valence-corrected chi connectivity index (χ1v) is 8.45. The highest BCUT2D eigenvalue weighted by Gasteiger charge is 1.99. The van der Waals surface area contributed by atoms with E-state index in [2.05, 4.69) is 17.4 Å². The van der Waals surface area contributed by atoms with Crippen LogP contribution >= 0.6 is 11.6 Å². The van der Waals surface area contributed by atoms with Crippen LogP contribution in [0.25, 0.3) is 0 Å². The lowest BCUT2D eigenvalue weighted by atomic mass is 10.2. The summed E-state index contributed by atoms with van der Waals surface area (Å²) in [6.07, 6.45) is 0. The van der Waals surface area contributed by atoms with E-state index in [-0.39, 0.29) is 0 Å². The van der Waals surface area contributed by atoms with Crippen LogP contribution in [-0.2, 0) is 13.2 Å². The van der Waals surface area contributed by atoms with Gasteiger partial charge in [-0.2, -0.15) is 0 Å². The Balaban J connectivity index is 1.51. The van der Waals surface area contributed by atoms with Gasteiger partial charge in [-0.15, -0.1) is 0 Å². The van der Waals surface area contributed by atoms with Crippen LogP contribution in [0.5, 0.6) is 11.5 Å². The third-order valence-electron chi connectivity index (χ3n) is 3.80. The molecule has 3 nitrogen and oxygen atoms in total. The summed E-state index contributed by atoms with van der Waals surface area (Å²) in [4.78, 5) is 0. The molecule has 4 heteroatoms. The van der Waals surface area contributed by atoms with Crippen molar-refractivity contribution in [2.24, 2.45) is 0 Å². The molecule has 0 bridgehead atoms. The quantitative estimate of drug-likeness (QED) is 0.605. The first kappa shape index (κ1) is 17.2. The normalized spacial score (nSPS) is 10.3. The molecule has 3 rings (SSSR count). The summed E-state index contributed by atoms with van der Waals surface area (Å²) < 4.78 is 11.0. The third kappa shape index (κ3) is 5.16. The van der Waals surface area contributed by atoms with Crippen molar-refractivity contribution in [3.05, 3.63) is 88.9 Å². The minimum absolute atomic E-state index is 0.504. The van der Waals surface area contributed by atoms with Crippen molar-refractivity contribution in [2.75, 3.05) is 12.4 Å². The number of rotatable bonds is 7. The molecular weight excluding hydrogens is 334 g/mol. The predicted octanol–water partition coefficient (Wildman–Crippen LogP) is 5.54. The van der Waals surface area contributed by atoms with Gasteiger partial charge in [0, 0.05) is 17.3 Å². The number of methoxy groups -OCH3 is 1. The van der Waals surface area contributed by atoms with E-state index in [1.54, 1.807) is 7.11 Å². The third-order valence-corrected chi connectivity index (χ3v) is 4.04. The molecule has 0 amide bonds. The Morgan fingerprint density at radius 1 is 0.840 bits per heavy atom. The van der Waals surface area contributed by atoms with E-state index in [4.69, 9.17) is 21.1 Å². The highest BCUT2D eigenvalue weighted by Crippen LogP contribution is 2.18. The topological polar surface area (TPSA) is 30.5 Å². The number of benzene rings is 3. The van der Waals surface area contributed by atoms with Crippen LogP contribution in [0.15, 0.2) is 72.8 Å². The monoisotopic (exact) mass is 353 g/mol. The van der Waals surface area contributed by atoms with E-state index in [1.165, 1.54) is 5.56 Å². The standard InChI is InChI=1S/C21H20ClNO2/c1-24-20-11-7-19(8-12-20)23-14-16-5-9-21(10-6-16)25-15-17-3-2-4-18(22)13-17/h2-13,23H,14-15H2,1H3. The van der Waals surface area contributed by atoms with Crippen LogP contribution in [0.3, 0.4) is 0 Å². The van der Waals surface area contributed by atoms with Gasteiger partial charge < -0.3 is 14.8 Å². The lowest BCUT2D eigenvalue weighted by Crippen LogP contribution is -2.00. The zero-order valence-corrected chi connectivity index (χ0v) is 14.8. The van der Waals surface area contributed by atoms with Gasteiger partial charge in [-0.05, 0) is 59.7 Å². The average molecular weight is 354 g/mol. The molecule has 1 N–H and O–H groups in total. The molecule has 25 heavy (non-hydrogen) atoms. The summed E-state index contributed by atoms with van der Waals surface area (Å²) in [5.41, 5.74) is 3.30. The zero-order valence-electron chi connectivity index (χ0n) is 14.0. The summed E-state index contributed by atoms with van der Waals surface area (Å²) >= 11 is 5.98. The Bertz CT molecular complexity index is 801. The van der Waals surface area contributed by atoms with E-state index in [0.29, 0.717) is 6.61 Å². The van der Waals surface area contributed by atoms with Crippen molar-refractivity contribution >= 4 is 17.3 Å². The van der Waals surface area contributed by atoms with Gasteiger partial charge in [0.15, 0.2) is 0 Å². The molecule has 0 aliphatic heterocycles. The number of hydrogen-bond donors (Lipinski definition) is 1. The van der Waals surface area contributed by atoms with Crippen molar-refractivity contribution in [3.63, 3.8) is 0 Å². The van der Waals surface area contributed by atoms with Crippen molar-refractivity contribution in [2.45, 2.75) is 13.2 Å². The van der Waals surface area contributed by atoms with Crippen molar-refractivity contribution < 1.29 is 9.47 Å². The van der Waals surface area contributed by atoms with Crippen LogP contribution in [-0.4, -0.2) is 7.11 Å². The first-order valence-electron chi connectivity index (χ1n) is 8.07. The van der Waals surface area contributed by atoms with Gasteiger partial charge in [0.1, 0.15) is 18.1 Å². The van der Waals surface area contributed by atoms with Crippen molar-refractivity contribution in [3.8, 4) is 11.5 Å². The SMILES string of the molecule is COc1ccc(NCc2ccc(OCc3cccc(Cl)c3)cc2)cc1. The molecule has 128 valence electrons. The van der Waals surface area contributed by atoms with Gasteiger partial charge in [-0.1, -0.05) is 35.9 Å².